The van der Waals surface area contributed by atoms with Crippen molar-refractivity contribution in [3.05, 3.63) is 47.0 Å². The van der Waals surface area contributed by atoms with E-state index < -0.39 is 109 Å². The van der Waals surface area contributed by atoms with Gasteiger partial charge in [-0.15, -0.1) is 0 Å². The van der Waals surface area contributed by atoms with Gasteiger partial charge < -0.3 is 58.4 Å². The first-order valence-corrected chi connectivity index (χ1v) is 28.8. The van der Waals surface area contributed by atoms with Gasteiger partial charge in [0, 0.05) is 57.3 Å². The standard InChI is InChI=1S/C30H42BFO8.C29H38BFO8/c1-6-21(34)28(4)13-22(40-23(35)15-38-20-8-7-18-14-39-31(37)24(18)25(20)32)29(5)16(2)9-11-30(17(3)27(28)36)12-10-19(33)26(29)30;1-15-7-9-29-10-8-18(32)25(29)28(15,4)20(11-27(3,21-13-37-21)26(34)16(29)2)39-22(33)14-36-19-6-5-17-12-38-30(35)23(17)24(19)31/h7-8,16-17,21-22,26-27,34,36-37H,6,9-15H2,1-5H3;5-6,15-16,20-21,25-26,34-35H,7-14H2,1-4H3/t16-,17+,21?,22-,26+,27+,28+,29+,30+;15-,16+,20-,21?,25+,26+,27+,28+,29+/m11/s1. The lowest BCUT2D eigenvalue weighted by molar-refractivity contribution is -0.224. The topological polar surface area (TPSA) is 237 Å². The second-order valence-corrected chi connectivity index (χ2v) is 26.3. The molecule has 432 valence electrons. The maximum atomic E-state index is 15.0. The number of carbonyl (C=O) groups is 4. The Morgan fingerprint density at radius 3 is 1.56 bits per heavy atom. The Labute approximate surface area is 462 Å². The first-order valence-electron chi connectivity index (χ1n) is 28.8. The van der Waals surface area contributed by atoms with Crippen LogP contribution in [0, 0.1) is 79.6 Å². The number of carbonyl (C=O) groups excluding carboxylic acids is 4. The number of fused-ring (bicyclic) bond motifs is 2. The molecule has 4 bridgehead atoms. The maximum Gasteiger partial charge on any atom is 0.494 e. The van der Waals surface area contributed by atoms with Crippen LogP contribution in [0.4, 0.5) is 8.78 Å². The van der Waals surface area contributed by atoms with Crippen LogP contribution in [0.2, 0.25) is 0 Å². The van der Waals surface area contributed by atoms with E-state index in [-0.39, 0.29) is 101 Å². The molecule has 0 radical (unpaired) electrons. The van der Waals surface area contributed by atoms with E-state index in [1.807, 2.05) is 34.6 Å². The summed E-state index contributed by atoms with van der Waals surface area (Å²) in [6.07, 6.45) is 2.56. The van der Waals surface area contributed by atoms with Crippen LogP contribution in [0.25, 0.3) is 0 Å². The van der Waals surface area contributed by atoms with E-state index in [4.69, 9.17) is 33.0 Å². The van der Waals surface area contributed by atoms with Crippen molar-refractivity contribution < 1.29 is 86.3 Å². The van der Waals surface area contributed by atoms with E-state index in [0.717, 1.165) is 32.1 Å². The summed E-state index contributed by atoms with van der Waals surface area (Å²) in [6, 6.07) is 5.99. The summed E-state index contributed by atoms with van der Waals surface area (Å²) in [5.41, 5.74) is -2.72. The molecule has 3 heterocycles. The van der Waals surface area contributed by atoms with Crippen molar-refractivity contribution in [1.29, 1.82) is 0 Å². The summed E-state index contributed by atoms with van der Waals surface area (Å²) in [5, 5.41) is 54.7. The molecule has 5 N–H and O–H groups in total. The lowest BCUT2D eigenvalue weighted by Crippen LogP contribution is -2.64. The number of ketones is 2. The van der Waals surface area contributed by atoms with Crippen LogP contribution in [0.3, 0.4) is 0 Å². The van der Waals surface area contributed by atoms with Gasteiger partial charge in [-0.1, -0.05) is 74.4 Å². The van der Waals surface area contributed by atoms with Crippen LogP contribution in [-0.4, -0.2) is 120 Å². The van der Waals surface area contributed by atoms with Crippen LogP contribution in [0.5, 0.6) is 11.5 Å². The van der Waals surface area contributed by atoms with E-state index in [0.29, 0.717) is 49.8 Å². The minimum absolute atomic E-state index is 0.00191. The second-order valence-electron chi connectivity index (χ2n) is 26.3. The molecule has 11 rings (SSSR count). The van der Waals surface area contributed by atoms with Gasteiger partial charge >= 0.3 is 26.2 Å². The van der Waals surface area contributed by atoms with Crippen LogP contribution in [-0.2, 0) is 55.9 Å². The summed E-state index contributed by atoms with van der Waals surface area (Å²) in [5.74, 6) is -3.85. The van der Waals surface area contributed by atoms with Gasteiger partial charge in [0.25, 0.3) is 0 Å². The fourth-order valence-corrected chi connectivity index (χ4v) is 17.5. The summed E-state index contributed by atoms with van der Waals surface area (Å²) < 4.78 is 69.3. The van der Waals surface area contributed by atoms with Gasteiger partial charge in [-0.05, 0) is 116 Å². The number of benzene rings is 2. The van der Waals surface area contributed by atoms with Crippen molar-refractivity contribution in [2.24, 2.45) is 68.0 Å². The van der Waals surface area contributed by atoms with Crippen LogP contribution >= 0.6 is 0 Å². The predicted molar refractivity (Wildman–Crippen MR) is 284 cm³/mol. The Balaban J connectivity index is 0.000000178. The Kier molecular flexibility index (Phi) is 15.5. The van der Waals surface area contributed by atoms with Crippen LogP contribution in [0.15, 0.2) is 24.3 Å². The van der Waals surface area contributed by atoms with Gasteiger partial charge in [-0.25, -0.2) is 18.4 Å². The monoisotopic (exact) mass is 1100 g/mol. The summed E-state index contributed by atoms with van der Waals surface area (Å²) in [7, 11) is -2.77. The highest BCUT2D eigenvalue weighted by Crippen LogP contribution is 2.70. The Hall–Kier alpha value is -4.01. The van der Waals surface area contributed by atoms with Crippen molar-refractivity contribution >= 4 is 48.7 Å². The van der Waals surface area contributed by atoms with Gasteiger partial charge in [0.05, 0.1) is 44.2 Å². The Bertz CT molecular complexity index is 2730. The SMILES string of the molecule is CCC(O)[C@]1(C)C[C@@H](OC(=O)COc2ccc3c(c2F)B(O)OC3)[C@]2(C)[C@H](C)CC[C@]3(CCC(=O)[C@H]32)[C@@H](C)[C@@H]1O.C[C@@H]1CC[C@@]23CCC(=O)[C@H]2[C@]1(C)[C@H](OC(=O)COc1ccc2c(c1F)B(O)OC2)C[C@@](C)(C1CO1)[C@@H](O)[C@@H]3C. The molecule has 9 aliphatic rings. The van der Waals surface area contributed by atoms with E-state index >= 15 is 4.39 Å². The van der Waals surface area contributed by atoms with Gasteiger partial charge in [0.2, 0.25) is 0 Å². The maximum absolute atomic E-state index is 15.0. The largest absolute Gasteiger partial charge is 0.494 e. The third-order valence-electron chi connectivity index (χ3n) is 22.9. The van der Waals surface area contributed by atoms with Crippen molar-refractivity contribution in [2.45, 2.75) is 183 Å². The molecule has 79 heavy (non-hydrogen) atoms. The molecule has 0 amide bonds. The molecule has 6 saturated carbocycles. The third kappa shape index (κ3) is 9.13. The first kappa shape index (κ1) is 58.2. The van der Waals surface area contributed by atoms with E-state index in [1.165, 1.54) is 12.1 Å². The number of Topliss-reactive ketones (excluding diaryl/α,β-unsaturated/α-hetero) is 2. The molecule has 2 aromatic rings. The molecule has 6 aliphatic carbocycles. The van der Waals surface area contributed by atoms with E-state index in [9.17, 15) is 48.9 Å². The van der Waals surface area contributed by atoms with Crippen LogP contribution < -0.4 is 20.4 Å². The van der Waals surface area contributed by atoms with Crippen molar-refractivity contribution in [2.75, 3.05) is 19.8 Å². The summed E-state index contributed by atoms with van der Waals surface area (Å²) in [4.78, 5) is 53.7. The normalized spacial score (nSPS) is 41.2. The zero-order valence-electron chi connectivity index (χ0n) is 47.2. The minimum atomic E-state index is -1.39. The number of hydrogen-bond donors (Lipinski definition) is 5. The van der Waals surface area contributed by atoms with Gasteiger partial charge in [0.15, 0.2) is 36.3 Å². The molecule has 3 aliphatic heterocycles. The number of aliphatic hydroxyl groups is 3. The molecule has 1 saturated heterocycles. The van der Waals surface area contributed by atoms with E-state index in [1.54, 1.807) is 12.1 Å². The Morgan fingerprint density at radius 1 is 0.696 bits per heavy atom. The molecular formula is C59H80B2F2O16. The Morgan fingerprint density at radius 2 is 1.13 bits per heavy atom. The smallest absolute Gasteiger partial charge is 0.479 e. The molecule has 20 heteroatoms. The van der Waals surface area contributed by atoms with Crippen molar-refractivity contribution in [3.63, 3.8) is 0 Å². The van der Waals surface area contributed by atoms with Crippen LogP contribution in [0.1, 0.15) is 144 Å². The zero-order chi connectivity index (χ0) is 57.1. The fourth-order valence-electron chi connectivity index (χ4n) is 17.5. The lowest BCUT2D eigenvalue weighted by Gasteiger charge is -2.62. The second kappa shape index (κ2) is 21.0. The number of hydrogen-bond acceptors (Lipinski definition) is 16. The number of halogens is 2. The number of epoxide rings is 1. The molecule has 7 fully saturated rings. The molecule has 16 nitrogen and oxygen atoms in total. The highest BCUT2D eigenvalue weighted by Gasteiger charge is 2.71. The summed E-state index contributed by atoms with van der Waals surface area (Å²) in [6.45, 7) is 17.8. The van der Waals surface area contributed by atoms with Gasteiger partial charge in [0.1, 0.15) is 23.8 Å². The highest BCUT2D eigenvalue weighted by atomic mass is 19.1. The molecule has 2 aromatic carbocycles. The summed E-state index contributed by atoms with van der Waals surface area (Å²) >= 11 is 0. The number of ether oxygens (including phenoxy) is 5. The molecule has 2 unspecified atom stereocenters. The highest BCUT2D eigenvalue weighted by molar-refractivity contribution is 6.62. The van der Waals surface area contributed by atoms with E-state index in [2.05, 4.69) is 27.7 Å². The third-order valence-corrected chi connectivity index (χ3v) is 22.9. The molecule has 0 aromatic heterocycles. The average Bonchev–Trinajstić information content (AvgIpc) is 2.65. The average molecular weight is 1100 g/mol. The van der Waals surface area contributed by atoms with Crippen molar-refractivity contribution in [1.82, 2.24) is 0 Å². The molecular weight excluding hydrogens is 1020 g/mol. The lowest BCUT2D eigenvalue weighted by atomic mass is 9.43. The zero-order valence-corrected chi connectivity index (χ0v) is 47.2. The van der Waals surface area contributed by atoms with Gasteiger partial charge in [-0.3, -0.25) is 9.59 Å². The molecule has 0 spiro atoms. The van der Waals surface area contributed by atoms with Crippen molar-refractivity contribution in [3.8, 4) is 11.5 Å². The number of aliphatic hydroxyl groups excluding tert-OH is 3. The fraction of sp³-hybridized carbons (Fsp3) is 0.729. The minimum Gasteiger partial charge on any atom is -0.479 e. The quantitative estimate of drug-likeness (QED) is 0.107. The number of rotatable bonds is 11. The predicted octanol–water partition coefficient (Wildman–Crippen LogP) is 5.46. The first-order chi connectivity index (χ1) is 37.2. The van der Waals surface area contributed by atoms with Gasteiger partial charge in [-0.2, -0.15) is 0 Å². The molecule has 18 atom stereocenters. The number of esters is 2.